The summed E-state index contributed by atoms with van der Waals surface area (Å²) in [7, 11) is 0. The van der Waals surface area contributed by atoms with E-state index in [0.29, 0.717) is 6.42 Å². The van der Waals surface area contributed by atoms with Crippen molar-refractivity contribution in [3.05, 3.63) is 12.2 Å². The molecule has 0 saturated carbocycles. The molecule has 0 radical (unpaired) electrons. The van der Waals surface area contributed by atoms with Crippen molar-refractivity contribution in [2.75, 3.05) is 0 Å². The summed E-state index contributed by atoms with van der Waals surface area (Å²) in [6.45, 7) is 2.17. The highest BCUT2D eigenvalue weighted by Crippen LogP contribution is 2.14. The van der Waals surface area contributed by atoms with Crippen molar-refractivity contribution in [1.29, 1.82) is 0 Å². The summed E-state index contributed by atoms with van der Waals surface area (Å²) in [5.41, 5.74) is 10.2. The lowest BCUT2D eigenvalue weighted by atomic mass is 10.0. The monoisotopic (exact) mass is 431 g/mol. The Labute approximate surface area is 179 Å². The third kappa shape index (κ3) is 13.5. The van der Waals surface area contributed by atoms with Crippen LogP contribution in [-0.2, 0) is 4.79 Å². The molecule has 0 aromatic carbocycles. The van der Waals surface area contributed by atoms with Gasteiger partial charge in [0, 0.05) is 0 Å². The summed E-state index contributed by atoms with van der Waals surface area (Å²) in [5.74, 6) is -2.06. The normalized spacial score (nSPS) is 16.7. The van der Waals surface area contributed by atoms with Crippen molar-refractivity contribution in [1.82, 2.24) is 0 Å². The van der Waals surface area contributed by atoms with E-state index in [9.17, 15) is 25.2 Å². The fraction of sp³-hybridized carbons (Fsp3) is 0.810. The minimum Gasteiger partial charge on any atom is -0.480 e. The maximum Gasteiger partial charge on any atom is 0.331 e. The third-order valence-electron chi connectivity index (χ3n) is 4.95. The molecule has 9 heteroatoms. The van der Waals surface area contributed by atoms with Gasteiger partial charge in [0.1, 0.15) is 18.3 Å². The Hall–Kier alpha value is -1.68. The SMILES string of the molecule is CCCCCC[C@@H](O)CCCCCC/C=C/[C@H](O)[C@@H](O)[C@H](O)[C@H](N=C(N)N)C(=O)O. The molecule has 0 aliphatic rings. The number of nitrogens with two attached hydrogens (primary N) is 2. The van der Waals surface area contributed by atoms with Gasteiger partial charge in [-0.3, -0.25) is 0 Å². The van der Waals surface area contributed by atoms with Crippen molar-refractivity contribution < 1.29 is 30.3 Å². The number of hydrogen-bond acceptors (Lipinski definition) is 6. The summed E-state index contributed by atoms with van der Waals surface area (Å²) in [4.78, 5) is 14.5. The molecule has 9 N–H and O–H groups in total. The van der Waals surface area contributed by atoms with E-state index >= 15 is 0 Å². The van der Waals surface area contributed by atoms with Crippen LogP contribution in [0.1, 0.15) is 77.6 Å². The van der Waals surface area contributed by atoms with Gasteiger partial charge in [-0.25, -0.2) is 9.79 Å². The molecule has 0 fully saturated rings. The van der Waals surface area contributed by atoms with Gasteiger partial charge >= 0.3 is 5.97 Å². The van der Waals surface area contributed by atoms with E-state index in [1.807, 2.05) is 0 Å². The van der Waals surface area contributed by atoms with E-state index in [-0.39, 0.29) is 6.10 Å². The van der Waals surface area contributed by atoms with Crippen LogP contribution in [0.5, 0.6) is 0 Å². The number of aliphatic carboxylic acids is 1. The molecule has 0 amide bonds. The maximum atomic E-state index is 11.1. The number of aliphatic hydroxyl groups is 4. The van der Waals surface area contributed by atoms with E-state index in [2.05, 4.69) is 11.9 Å². The zero-order valence-electron chi connectivity index (χ0n) is 18.1. The number of rotatable bonds is 18. The molecule has 176 valence electrons. The Morgan fingerprint density at radius 3 is 2.00 bits per heavy atom. The Bertz CT molecular complexity index is 511. The van der Waals surface area contributed by atoms with Crippen LogP contribution in [0.3, 0.4) is 0 Å². The van der Waals surface area contributed by atoms with Crippen LogP contribution >= 0.6 is 0 Å². The number of unbranched alkanes of at least 4 members (excludes halogenated alkanes) is 7. The lowest BCUT2D eigenvalue weighted by Gasteiger charge is -2.23. The van der Waals surface area contributed by atoms with Gasteiger partial charge in [0.15, 0.2) is 12.0 Å². The second-order valence-corrected chi connectivity index (χ2v) is 7.73. The minimum atomic E-state index is -1.86. The summed E-state index contributed by atoms with van der Waals surface area (Å²) in [6.07, 6.45) is 8.67. The molecular weight excluding hydrogens is 390 g/mol. The van der Waals surface area contributed by atoms with Gasteiger partial charge < -0.3 is 37.0 Å². The number of carbonyl (C=O) groups is 1. The minimum absolute atomic E-state index is 0.210. The number of aliphatic hydroxyl groups excluding tert-OH is 4. The van der Waals surface area contributed by atoms with E-state index in [1.165, 1.54) is 25.3 Å². The number of nitrogens with zero attached hydrogens (tertiary/aromatic N) is 1. The zero-order valence-corrected chi connectivity index (χ0v) is 18.1. The number of allylic oxidation sites excluding steroid dienone is 1. The van der Waals surface area contributed by atoms with Gasteiger partial charge in [-0.1, -0.05) is 64.0 Å². The first kappa shape index (κ1) is 28.3. The summed E-state index contributed by atoms with van der Waals surface area (Å²) in [5, 5.41) is 48.8. The highest BCUT2D eigenvalue weighted by Gasteiger charge is 2.35. The Morgan fingerprint density at radius 2 is 1.47 bits per heavy atom. The quantitative estimate of drug-likeness (QED) is 0.0726. The number of hydrogen-bond donors (Lipinski definition) is 7. The van der Waals surface area contributed by atoms with Crippen LogP contribution in [0.2, 0.25) is 0 Å². The van der Waals surface area contributed by atoms with Gasteiger partial charge in [-0.15, -0.1) is 0 Å². The highest BCUT2D eigenvalue weighted by molar-refractivity contribution is 5.82. The zero-order chi connectivity index (χ0) is 22.9. The molecule has 0 unspecified atom stereocenters. The fourth-order valence-corrected chi connectivity index (χ4v) is 3.12. The van der Waals surface area contributed by atoms with Crippen molar-refractivity contribution in [3.63, 3.8) is 0 Å². The molecule has 0 aromatic heterocycles. The average molecular weight is 432 g/mol. The van der Waals surface area contributed by atoms with Crippen LogP contribution in [-0.4, -0.2) is 67.9 Å². The number of carboxylic acid groups (broad SMARTS) is 1. The predicted octanol–water partition coefficient (Wildman–Crippen LogP) is 1.02. The molecule has 0 heterocycles. The molecule has 0 spiro atoms. The number of aliphatic imine (C=N–C) groups is 1. The van der Waals surface area contributed by atoms with Gasteiger partial charge in [0.05, 0.1) is 6.10 Å². The van der Waals surface area contributed by atoms with Crippen molar-refractivity contribution >= 4 is 11.9 Å². The molecule has 0 aromatic rings. The lowest BCUT2D eigenvalue weighted by Crippen LogP contribution is -2.47. The van der Waals surface area contributed by atoms with Crippen molar-refractivity contribution in [3.8, 4) is 0 Å². The Kier molecular flexibility index (Phi) is 16.1. The van der Waals surface area contributed by atoms with Gasteiger partial charge in [0.25, 0.3) is 0 Å². The lowest BCUT2D eigenvalue weighted by molar-refractivity contribution is -0.144. The number of guanidine groups is 1. The molecule has 0 rings (SSSR count). The molecule has 30 heavy (non-hydrogen) atoms. The molecule has 0 aliphatic heterocycles. The Morgan fingerprint density at radius 1 is 0.900 bits per heavy atom. The van der Waals surface area contributed by atoms with Crippen LogP contribution in [0.15, 0.2) is 17.1 Å². The van der Waals surface area contributed by atoms with E-state index in [0.717, 1.165) is 44.9 Å². The molecule has 0 aliphatic carbocycles. The smallest absolute Gasteiger partial charge is 0.331 e. The average Bonchev–Trinajstić information content (AvgIpc) is 2.69. The molecule has 5 atom stereocenters. The van der Waals surface area contributed by atoms with Crippen molar-refractivity contribution in [2.45, 2.75) is 108 Å². The first-order valence-electron chi connectivity index (χ1n) is 10.9. The van der Waals surface area contributed by atoms with E-state index < -0.39 is 36.3 Å². The van der Waals surface area contributed by atoms with Gasteiger partial charge in [0.2, 0.25) is 0 Å². The highest BCUT2D eigenvalue weighted by atomic mass is 16.4. The van der Waals surface area contributed by atoms with Crippen LogP contribution < -0.4 is 11.5 Å². The van der Waals surface area contributed by atoms with Gasteiger partial charge in [-0.2, -0.15) is 0 Å². The predicted molar refractivity (Wildman–Crippen MR) is 117 cm³/mol. The summed E-state index contributed by atoms with van der Waals surface area (Å²) in [6, 6.07) is -1.77. The molecule has 0 bridgehead atoms. The molecule has 0 saturated heterocycles. The van der Waals surface area contributed by atoms with Gasteiger partial charge in [-0.05, 0) is 25.7 Å². The molecular formula is C21H41N3O6. The van der Waals surface area contributed by atoms with Crippen molar-refractivity contribution in [2.24, 2.45) is 16.5 Å². The Balaban J connectivity index is 4.04. The summed E-state index contributed by atoms with van der Waals surface area (Å²) >= 11 is 0. The number of carboxylic acids is 1. The van der Waals surface area contributed by atoms with E-state index in [4.69, 9.17) is 16.6 Å². The van der Waals surface area contributed by atoms with E-state index in [1.54, 1.807) is 6.08 Å². The maximum absolute atomic E-state index is 11.1. The third-order valence-corrected chi connectivity index (χ3v) is 4.95. The molecule has 9 nitrogen and oxygen atoms in total. The van der Waals surface area contributed by atoms with Crippen LogP contribution in [0.4, 0.5) is 0 Å². The van der Waals surface area contributed by atoms with Crippen LogP contribution in [0.25, 0.3) is 0 Å². The largest absolute Gasteiger partial charge is 0.480 e. The van der Waals surface area contributed by atoms with Crippen LogP contribution in [0, 0.1) is 0 Å². The summed E-state index contributed by atoms with van der Waals surface area (Å²) < 4.78 is 0. The topological polar surface area (TPSA) is 183 Å². The first-order chi connectivity index (χ1) is 14.2. The first-order valence-corrected chi connectivity index (χ1v) is 10.9. The fourth-order valence-electron chi connectivity index (χ4n) is 3.12. The standard InChI is InChI=1S/C21H41N3O6/c1-2-3-4-9-12-15(25)13-10-7-5-6-8-11-14-16(26)18(27)19(28)17(20(29)30)24-21(22)23/h11,14-19,25-28H,2-10,12-13H2,1H3,(H,29,30)(H4,22,23,24)/b14-11+/t15-,16+,17+,18-,19-/m1/s1. The second kappa shape index (κ2) is 17.0. The second-order valence-electron chi connectivity index (χ2n) is 7.73.